The van der Waals surface area contributed by atoms with E-state index in [1.165, 1.54) is 0 Å². The summed E-state index contributed by atoms with van der Waals surface area (Å²) in [5.74, 6) is 0.862. The van der Waals surface area contributed by atoms with E-state index in [0.29, 0.717) is 27.3 Å². The predicted molar refractivity (Wildman–Crippen MR) is 91.0 cm³/mol. The van der Waals surface area contributed by atoms with Gasteiger partial charge in [-0.2, -0.15) is 0 Å². The highest BCUT2D eigenvalue weighted by Crippen LogP contribution is 2.24. The lowest BCUT2D eigenvalue weighted by molar-refractivity contribution is 0.262. The molecule has 0 bridgehead atoms. The highest BCUT2D eigenvalue weighted by molar-refractivity contribution is 6.35. The van der Waals surface area contributed by atoms with Crippen LogP contribution in [0.25, 0.3) is 11.3 Å². The van der Waals surface area contributed by atoms with Crippen molar-refractivity contribution < 1.29 is 9.32 Å². The standard InChI is InChI=1S/C16H11Cl2N3O2/c17-11-6-12(18)8-13(7-11)19-16(22)20-15-9-14(23-21-15)10-4-2-1-3-5-10/h1-9H,(H2,19,20,21,22). The van der Waals surface area contributed by atoms with Gasteiger partial charge in [-0.1, -0.05) is 58.7 Å². The number of amides is 2. The minimum atomic E-state index is -0.476. The van der Waals surface area contributed by atoms with Gasteiger partial charge < -0.3 is 9.84 Å². The molecular formula is C16H11Cl2N3O2. The summed E-state index contributed by atoms with van der Waals surface area (Å²) in [7, 11) is 0. The Morgan fingerprint density at radius 3 is 2.35 bits per heavy atom. The van der Waals surface area contributed by atoms with E-state index < -0.39 is 6.03 Å². The number of urea groups is 1. The largest absolute Gasteiger partial charge is 0.354 e. The van der Waals surface area contributed by atoms with Gasteiger partial charge in [0.15, 0.2) is 11.6 Å². The smallest absolute Gasteiger partial charge is 0.324 e. The molecule has 0 unspecified atom stereocenters. The Morgan fingerprint density at radius 2 is 1.65 bits per heavy atom. The quantitative estimate of drug-likeness (QED) is 0.676. The summed E-state index contributed by atoms with van der Waals surface area (Å²) in [4.78, 5) is 12.0. The van der Waals surface area contributed by atoms with Crippen molar-refractivity contribution >= 4 is 40.7 Å². The van der Waals surface area contributed by atoms with Crippen molar-refractivity contribution in [2.75, 3.05) is 10.6 Å². The van der Waals surface area contributed by atoms with E-state index in [4.69, 9.17) is 27.7 Å². The summed E-state index contributed by atoms with van der Waals surface area (Å²) in [6, 6.07) is 15.4. The Kier molecular flexibility index (Phi) is 4.50. The Bertz CT molecular complexity index is 814. The number of carbonyl (C=O) groups is 1. The third-order valence-corrected chi connectivity index (χ3v) is 3.37. The van der Waals surface area contributed by atoms with Crippen LogP contribution in [0.1, 0.15) is 0 Å². The first kappa shape index (κ1) is 15.4. The molecule has 0 saturated heterocycles. The fourth-order valence-corrected chi connectivity index (χ4v) is 2.50. The molecule has 0 saturated carbocycles. The van der Waals surface area contributed by atoms with E-state index in [2.05, 4.69) is 15.8 Å². The molecule has 0 aliphatic rings. The average Bonchev–Trinajstić information content (AvgIpc) is 2.95. The third-order valence-electron chi connectivity index (χ3n) is 2.93. The minimum absolute atomic E-state index is 0.300. The summed E-state index contributed by atoms with van der Waals surface area (Å²) >= 11 is 11.8. The lowest BCUT2D eigenvalue weighted by Gasteiger charge is -2.06. The van der Waals surface area contributed by atoms with Crippen LogP contribution in [0.4, 0.5) is 16.3 Å². The predicted octanol–water partition coefficient (Wildman–Crippen LogP) is 5.29. The molecule has 0 radical (unpaired) electrons. The van der Waals surface area contributed by atoms with Crippen molar-refractivity contribution in [2.45, 2.75) is 0 Å². The van der Waals surface area contributed by atoms with Crippen LogP contribution < -0.4 is 10.6 Å². The molecular weight excluding hydrogens is 337 g/mol. The molecule has 7 heteroatoms. The van der Waals surface area contributed by atoms with Crippen LogP contribution in [0.3, 0.4) is 0 Å². The van der Waals surface area contributed by atoms with Crippen molar-refractivity contribution in [2.24, 2.45) is 0 Å². The summed E-state index contributed by atoms with van der Waals surface area (Å²) < 4.78 is 5.21. The molecule has 3 rings (SSSR count). The van der Waals surface area contributed by atoms with Crippen LogP contribution in [0, 0.1) is 0 Å². The number of aromatic nitrogens is 1. The maximum Gasteiger partial charge on any atom is 0.324 e. The zero-order chi connectivity index (χ0) is 16.2. The lowest BCUT2D eigenvalue weighted by atomic mass is 10.2. The number of halogens is 2. The molecule has 2 aromatic carbocycles. The molecule has 0 atom stereocenters. The molecule has 3 aromatic rings. The van der Waals surface area contributed by atoms with Gasteiger partial charge in [0.2, 0.25) is 0 Å². The number of anilines is 2. The Hall–Kier alpha value is -2.50. The van der Waals surface area contributed by atoms with Crippen LogP contribution in [-0.4, -0.2) is 11.2 Å². The highest BCUT2D eigenvalue weighted by atomic mass is 35.5. The van der Waals surface area contributed by atoms with Crippen molar-refractivity contribution in [1.82, 2.24) is 5.16 Å². The van der Waals surface area contributed by atoms with Crippen molar-refractivity contribution in [3.63, 3.8) is 0 Å². The maximum absolute atomic E-state index is 12.0. The van der Waals surface area contributed by atoms with Crippen LogP contribution in [0.5, 0.6) is 0 Å². The number of rotatable bonds is 3. The number of nitrogens with zero attached hydrogens (tertiary/aromatic N) is 1. The summed E-state index contributed by atoms with van der Waals surface area (Å²) in [5, 5.41) is 9.87. The summed E-state index contributed by atoms with van der Waals surface area (Å²) in [6.07, 6.45) is 0. The van der Waals surface area contributed by atoms with Gasteiger partial charge in [-0.3, -0.25) is 5.32 Å². The van der Waals surface area contributed by atoms with Crippen molar-refractivity contribution in [3.8, 4) is 11.3 Å². The lowest BCUT2D eigenvalue weighted by Crippen LogP contribution is -2.19. The van der Waals surface area contributed by atoms with Crippen LogP contribution >= 0.6 is 23.2 Å². The van der Waals surface area contributed by atoms with Crippen LogP contribution in [-0.2, 0) is 0 Å². The Labute approximate surface area is 142 Å². The number of benzene rings is 2. The van der Waals surface area contributed by atoms with Crippen molar-refractivity contribution in [3.05, 3.63) is 64.6 Å². The monoisotopic (exact) mass is 347 g/mol. The summed E-state index contributed by atoms with van der Waals surface area (Å²) in [6.45, 7) is 0. The number of carbonyl (C=O) groups excluding carboxylic acids is 1. The second kappa shape index (κ2) is 6.73. The SMILES string of the molecule is O=C(Nc1cc(Cl)cc(Cl)c1)Nc1cc(-c2ccccc2)on1. The molecule has 116 valence electrons. The second-order valence-electron chi connectivity index (χ2n) is 4.68. The van der Waals surface area contributed by atoms with Gasteiger partial charge in [-0.05, 0) is 18.2 Å². The first-order chi connectivity index (χ1) is 11.1. The molecule has 0 aliphatic heterocycles. The fourth-order valence-electron chi connectivity index (χ4n) is 1.98. The van der Waals surface area contributed by atoms with E-state index in [1.54, 1.807) is 24.3 Å². The zero-order valence-electron chi connectivity index (χ0n) is 11.7. The highest BCUT2D eigenvalue weighted by Gasteiger charge is 2.10. The average molecular weight is 348 g/mol. The Morgan fingerprint density at radius 1 is 0.957 bits per heavy atom. The van der Waals surface area contributed by atoms with E-state index in [0.717, 1.165) is 5.56 Å². The van der Waals surface area contributed by atoms with Gasteiger partial charge >= 0.3 is 6.03 Å². The number of hydrogen-bond donors (Lipinski definition) is 2. The topological polar surface area (TPSA) is 67.2 Å². The molecule has 1 heterocycles. The summed E-state index contributed by atoms with van der Waals surface area (Å²) in [5.41, 5.74) is 1.35. The van der Waals surface area contributed by atoms with Gasteiger partial charge in [0.1, 0.15) is 0 Å². The van der Waals surface area contributed by atoms with E-state index in [1.807, 2.05) is 30.3 Å². The molecule has 0 aliphatic carbocycles. The fraction of sp³-hybridized carbons (Fsp3) is 0. The zero-order valence-corrected chi connectivity index (χ0v) is 13.2. The first-order valence-corrected chi connectivity index (χ1v) is 7.42. The molecule has 0 fully saturated rings. The van der Waals surface area contributed by atoms with Gasteiger partial charge in [0, 0.05) is 27.4 Å². The second-order valence-corrected chi connectivity index (χ2v) is 5.55. The molecule has 0 spiro atoms. The number of nitrogens with one attached hydrogen (secondary N) is 2. The van der Waals surface area contributed by atoms with E-state index in [9.17, 15) is 4.79 Å². The van der Waals surface area contributed by atoms with Gasteiger partial charge in [-0.15, -0.1) is 0 Å². The van der Waals surface area contributed by atoms with Crippen LogP contribution in [0.15, 0.2) is 59.1 Å². The molecule has 23 heavy (non-hydrogen) atoms. The normalized spacial score (nSPS) is 10.3. The number of hydrogen-bond acceptors (Lipinski definition) is 3. The van der Waals surface area contributed by atoms with E-state index >= 15 is 0 Å². The van der Waals surface area contributed by atoms with Gasteiger partial charge in [0.05, 0.1) is 0 Å². The molecule has 1 aromatic heterocycles. The van der Waals surface area contributed by atoms with Crippen LogP contribution in [0.2, 0.25) is 10.0 Å². The minimum Gasteiger partial charge on any atom is -0.354 e. The molecule has 2 N–H and O–H groups in total. The molecule has 5 nitrogen and oxygen atoms in total. The third kappa shape index (κ3) is 4.03. The maximum atomic E-state index is 12.0. The Balaban J connectivity index is 1.68. The van der Waals surface area contributed by atoms with E-state index in [-0.39, 0.29) is 0 Å². The van der Waals surface area contributed by atoms with Crippen molar-refractivity contribution in [1.29, 1.82) is 0 Å². The van der Waals surface area contributed by atoms with Gasteiger partial charge in [-0.25, -0.2) is 4.79 Å². The molecule has 2 amide bonds. The first-order valence-electron chi connectivity index (χ1n) is 6.66. The van der Waals surface area contributed by atoms with Gasteiger partial charge in [0.25, 0.3) is 0 Å².